The van der Waals surface area contributed by atoms with Gasteiger partial charge in [-0.2, -0.15) is 0 Å². The molecule has 1 rings (SSSR count). The Kier molecular flexibility index (Phi) is 8.98. The quantitative estimate of drug-likeness (QED) is 0.138. The fourth-order valence-electron chi connectivity index (χ4n) is 1.85. The van der Waals surface area contributed by atoms with Gasteiger partial charge in [-0.25, -0.2) is 4.79 Å². The van der Waals surface area contributed by atoms with Gasteiger partial charge in [-0.3, -0.25) is 14.9 Å². The first-order valence-corrected chi connectivity index (χ1v) is 7.87. The zero-order chi connectivity index (χ0) is 20.2. The molecule has 0 aliphatic rings. The van der Waals surface area contributed by atoms with Gasteiger partial charge in [0.2, 0.25) is 6.29 Å². The molecule has 0 N–H and O–H groups in total. The van der Waals surface area contributed by atoms with Crippen molar-refractivity contribution in [3.63, 3.8) is 0 Å². The normalized spacial score (nSPS) is 11.1. The summed E-state index contributed by atoms with van der Waals surface area (Å²) in [4.78, 5) is 47.1. The summed E-state index contributed by atoms with van der Waals surface area (Å²) in [7, 11) is 0. The number of rotatable bonds is 11. The predicted molar refractivity (Wildman–Crippen MR) is 87.2 cm³/mol. The van der Waals surface area contributed by atoms with Crippen LogP contribution in [0.2, 0.25) is 0 Å². The number of hydrogen-bond donors (Lipinski definition) is 0. The number of carbonyl (C=O) groups excluding carboxylic acids is 2. The molecule has 0 saturated heterocycles. The molecule has 12 heteroatoms. The lowest BCUT2D eigenvalue weighted by atomic mass is 10.2. The molecule has 1 unspecified atom stereocenters. The number of ether oxygens (including phenoxy) is 3. The highest BCUT2D eigenvalue weighted by atomic mass is 16.9. The van der Waals surface area contributed by atoms with Crippen molar-refractivity contribution in [3.05, 3.63) is 44.5 Å². The molecular weight excluding hydrogens is 368 g/mol. The number of nitro groups is 1. The summed E-state index contributed by atoms with van der Waals surface area (Å²) in [5.41, 5.74) is -0.164. The van der Waals surface area contributed by atoms with Gasteiger partial charge in [-0.15, -0.1) is 10.1 Å². The van der Waals surface area contributed by atoms with E-state index in [4.69, 9.17) is 14.2 Å². The number of non-ortho nitro benzene ring substituents is 1. The minimum absolute atomic E-state index is 0.0288. The fraction of sp³-hybridized carbons (Fsp3) is 0.467. The van der Waals surface area contributed by atoms with Gasteiger partial charge in [-0.1, -0.05) is 6.42 Å². The van der Waals surface area contributed by atoms with Crippen LogP contribution in [0.1, 0.15) is 32.6 Å². The van der Waals surface area contributed by atoms with E-state index in [-0.39, 0.29) is 24.5 Å². The lowest BCUT2D eigenvalue weighted by molar-refractivity contribution is -0.757. The number of hydrogen-bond acceptors (Lipinski definition) is 10. The van der Waals surface area contributed by atoms with E-state index in [0.29, 0.717) is 19.3 Å². The Balaban J connectivity index is 2.23. The summed E-state index contributed by atoms with van der Waals surface area (Å²) in [5.74, 6) is -0.582. The van der Waals surface area contributed by atoms with Gasteiger partial charge in [-0.05, 0) is 25.0 Å². The molecule has 12 nitrogen and oxygen atoms in total. The van der Waals surface area contributed by atoms with Gasteiger partial charge in [0.1, 0.15) is 5.75 Å². The van der Waals surface area contributed by atoms with Crippen molar-refractivity contribution < 1.29 is 38.6 Å². The van der Waals surface area contributed by atoms with Crippen LogP contribution < -0.4 is 4.74 Å². The van der Waals surface area contributed by atoms with Crippen molar-refractivity contribution in [2.24, 2.45) is 0 Å². The van der Waals surface area contributed by atoms with Gasteiger partial charge >= 0.3 is 12.1 Å². The second-order valence-corrected chi connectivity index (χ2v) is 5.15. The Hall–Kier alpha value is -3.44. The fourth-order valence-corrected chi connectivity index (χ4v) is 1.85. The van der Waals surface area contributed by atoms with Gasteiger partial charge in [0.15, 0.2) is 0 Å². The first kappa shape index (κ1) is 21.6. The lowest BCUT2D eigenvalue weighted by Gasteiger charge is -2.13. The van der Waals surface area contributed by atoms with Crippen molar-refractivity contribution >= 4 is 17.8 Å². The third kappa shape index (κ3) is 9.57. The third-order valence-corrected chi connectivity index (χ3v) is 3.03. The van der Waals surface area contributed by atoms with Crippen molar-refractivity contribution in [2.45, 2.75) is 38.9 Å². The van der Waals surface area contributed by atoms with Crippen LogP contribution in [0.4, 0.5) is 10.5 Å². The molecule has 0 spiro atoms. The molecule has 0 amide bonds. The van der Waals surface area contributed by atoms with Crippen LogP contribution >= 0.6 is 0 Å². The predicted octanol–water partition coefficient (Wildman–Crippen LogP) is 2.77. The highest BCUT2D eigenvalue weighted by Gasteiger charge is 2.16. The second kappa shape index (κ2) is 11.2. The van der Waals surface area contributed by atoms with E-state index >= 15 is 0 Å². The largest absolute Gasteiger partial charge is 0.516 e. The molecule has 0 saturated carbocycles. The molecule has 0 aliphatic heterocycles. The summed E-state index contributed by atoms with van der Waals surface area (Å²) in [6.45, 7) is 1.27. The Bertz CT molecular complexity index is 661. The number of esters is 1. The average Bonchev–Trinajstić information content (AvgIpc) is 2.57. The molecule has 0 aromatic heterocycles. The van der Waals surface area contributed by atoms with Crippen molar-refractivity contribution in [2.75, 3.05) is 6.61 Å². The lowest BCUT2D eigenvalue weighted by Crippen LogP contribution is -2.23. The minimum Gasteiger partial charge on any atom is -0.425 e. The summed E-state index contributed by atoms with van der Waals surface area (Å²) in [6.07, 6.45) is -0.909. The summed E-state index contributed by atoms with van der Waals surface area (Å²) < 4.78 is 14.4. The average molecular weight is 386 g/mol. The summed E-state index contributed by atoms with van der Waals surface area (Å²) in [6, 6.07) is 4.75. The maximum atomic E-state index is 11.6. The summed E-state index contributed by atoms with van der Waals surface area (Å²) >= 11 is 0. The van der Waals surface area contributed by atoms with Crippen molar-refractivity contribution in [1.82, 2.24) is 0 Å². The van der Waals surface area contributed by atoms with Gasteiger partial charge in [0.25, 0.3) is 10.8 Å². The molecule has 0 bridgehead atoms. The van der Waals surface area contributed by atoms with Crippen LogP contribution in [-0.4, -0.2) is 35.0 Å². The topological polar surface area (TPSA) is 157 Å². The third-order valence-electron chi connectivity index (χ3n) is 3.03. The van der Waals surface area contributed by atoms with E-state index in [0.717, 1.165) is 12.1 Å². The molecule has 0 aliphatic carbocycles. The Morgan fingerprint density at radius 2 is 1.70 bits per heavy atom. The van der Waals surface area contributed by atoms with Gasteiger partial charge in [0, 0.05) is 25.5 Å². The molecule has 27 heavy (non-hydrogen) atoms. The molecule has 0 radical (unpaired) electrons. The molecular formula is C15H18N2O10. The number of nitro benzene ring substituents is 1. The summed E-state index contributed by atoms with van der Waals surface area (Å²) in [5, 5.41) is 19.6. The standard InChI is InChI=1S/C15H18N2O10/c1-11(25-14(18)5-3-2-4-10-24-17(22)23)26-15(19)27-13-8-6-12(7-9-13)16(20)21/h6-9,11H,2-5,10H2,1H3. The van der Waals surface area contributed by atoms with Crippen LogP contribution in [0.3, 0.4) is 0 Å². The van der Waals surface area contributed by atoms with Crippen LogP contribution in [0.25, 0.3) is 0 Å². The van der Waals surface area contributed by atoms with Crippen LogP contribution in [-0.2, 0) is 19.1 Å². The number of unbranched alkanes of at least 4 members (excludes halogenated alkanes) is 2. The first-order valence-electron chi connectivity index (χ1n) is 7.87. The van der Waals surface area contributed by atoms with E-state index in [1.54, 1.807) is 0 Å². The SMILES string of the molecule is CC(OC(=O)CCCCCO[N+](=O)[O-])OC(=O)Oc1ccc([N+](=O)[O-])cc1. The van der Waals surface area contributed by atoms with E-state index in [1.165, 1.54) is 19.1 Å². The van der Waals surface area contributed by atoms with E-state index in [1.807, 2.05) is 0 Å². The molecule has 1 atom stereocenters. The molecule has 0 fully saturated rings. The zero-order valence-corrected chi connectivity index (χ0v) is 14.4. The Morgan fingerprint density at radius 1 is 1.04 bits per heavy atom. The van der Waals surface area contributed by atoms with E-state index in [9.17, 15) is 29.8 Å². The maximum absolute atomic E-state index is 11.6. The second-order valence-electron chi connectivity index (χ2n) is 5.15. The molecule has 1 aromatic rings. The monoisotopic (exact) mass is 386 g/mol. The number of nitrogens with zero attached hydrogens (tertiary/aromatic N) is 2. The van der Waals surface area contributed by atoms with Crippen LogP contribution in [0.5, 0.6) is 5.75 Å². The van der Waals surface area contributed by atoms with E-state index < -0.39 is 28.4 Å². The number of benzene rings is 1. The first-order chi connectivity index (χ1) is 12.8. The van der Waals surface area contributed by atoms with Crippen molar-refractivity contribution in [3.8, 4) is 5.75 Å². The smallest absolute Gasteiger partial charge is 0.425 e. The highest BCUT2D eigenvalue weighted by molar-refractivity contribution is 5.70. The Labute approximate surface area is 153 Å². The minimum atomic E-state index is -1.19. The van der Waals surface area contributed by atoms with Gasteiger partial charge < -0.3 is 19.0 Å². The molecule has 1 aromatic carbocycles. The molecule has 0 heterocycles. The molecule has 148 valence electrons. The van der Waals surface area contributed by atoms with Crippen LogP contribution in [0, 0.1) is 20.2 Å². The Morgan fingerprint density at radius 3 is 2.30 bits per heavy atom. The van der Waals surface area contributed by atoms with E-state index in [2.05, 4.69) is 4.84 Å². The maximum Gasteiger partial charge on any atom is 0.516 e. The zero-order valence-electron chi connectivity index (χ0n) is 14.4. The number of carbonyl (C=O) groups is 2. The highest BCUT2D eigenvalue weighted by Crippen LogP contribution is 2.18. The van der Waals surface area contributed by atoms with Crippen molar-refractivity contribution in [1.29, 1.82) is 0 Å². The van der Waals surface area contributed by atoms with Gasteiger partial charge in [0.05, 0.1) is 11.5 Å². The van der Waals surface area contributed by atoms with Crippen LogP contribution in [0.15, 0.2) is 24.3 Å².